The largest absolute Gasteiger partial charge is 0.350 e. The number of carbonyl (C=O) groups is 2. The molecule has 0 spiro atoms. The molecule has 0 unspecified atom stereocenters. The zero-order valence-electron chi connectivity index (χ0n) is 20.6. The summed E-state index contributed by atoms with van der Waals surface area (Å²) in [4.78, 5) is 28.2. The molecule has 0 saturated carbocycles. The second-order valence-electron chi connectivity index (χ2n) is 9.32. The number of hydrogen-bond donors (Lipinski definition) is 1. The number of hydrogen-bond acceptors (Lipinski definition) is 4. The number of halogens is 1. The minimum Gasteiger partial charge on any atom is -0.350 e. The normalized spacial score (nSPS) is 12.7. The average Bonchev–Trinajstić information content (AvgIpc) is 2.72. The van der Waals surface area contributed by atoms with Crippen molar-refractivity contribution >= 4 is 39.1 Å². The van der Waals surface area contributed by atoms with Crippen LogP contribution in [0, 0.1) is 6.92 Å². The van der Waals surface area contributed by atoms with Gasteiger partial charge in [0.15, 0.2) is 0 Å². The molecular weight excluding hydrogens is 474 g/mol. The molecule has 0 radical (unpaired) electrons. The highest BCUT2D eigenvalue weighted by Gasteiger charge is 2.33. The molecule has 1 N–H and O–H groups in total. The molecule has 2 amide bonds. The summed E-state index contributed by atoms with van der Waals surface area (Å²) in [6.07, 6.45) is 1.42. The van der Waals surface area contributed by atoms with E-state index in [1.807, 2.05) is 58.0 Å². The number of sulfonamides is 1. The van der Waals surface area contributed by atoms with E-state index in [-0.39, 0.29) is 12.5 Å². The second-order valence-corrected chi connectivity index (χ2v) is 11.6. The van der Waals surface area contributed by atoms with Crippen LogP contribution in [0.25, 0.3) is 0 Å². The van der Waals surface area contributed by atoms with Gasteiger partial charge in [0, 0.05) is 17.1 Å². The first kappa shape index (κ1) is 27.7. The lowest BCUT2D eigenvalue weighted by Gasteiger charge is -2.34. The van der Waals surface area contributed by atoms with Gasteiger partial charge in [0.2, 0.25) is 21.8 Å². The third kappa shape index (κ3) is 7.46. The van der Waals surface area contributed by atoms with Gasteiger partial charge < -0.3 is 10.2 Å². The fourth-order valence-corrected chi connectivity index (χ4v) is 4.68. The second kappa shape index (κ2) is 11.2. The lowest BCUT2D eigenvalue weighted by Crippen LogP contribution is -2.55. The molecule has 0 aliphatic rings. The van der Waals surface area contributed by atoms with Crippen LogP contribution in [0.15, 0.2) is 48.5 Å². The van der Waals surface area contributed by atoms with E-state index in [1.54, 1.807) is 25.1 Å². The molecule has 1 atom stereocenters. The van der Waals surface area contributed by atoms with Crippen molar-refractivity contribution < 1.29 is 18.0 Å². The number of rotatable bonds is 9. The van der Waals surface area contributed by atoms with Crippen molar-refractivity contribution in [3.8, 4) is 0 Å². The van der Waals surface area contributed by atoms with Crippen LogP contribution < -0.4 is 9.62 Å². The number of amides is 2. The van der Waals surface area contributed by atoms with Crippen molar-refractivity contribution in [1.29, 1.82) is 0 Å². The minimum absolute atomic E-state index is 0.169. The quantitative estimate of drug-likeness (QED) is 0.552. The van der Waals surface area contributed by atoms with Gasteiger partial charge in [-0.2, -0.15) is 0 Å². The van der Waals surface area contributed by atoms with Crippen LogP contribution in [0.4, 0.5) is 5.69 Å². The number of benzene rings is 2. The molecule has 2 aromatic carbocycles. The lowest BCUT2D eigenvalue weighted by molar-refractivity contribution is -0.141. The van der Waals surface area contributed by atoms with Crippen molar-refractivity contribution in [2.75, 3.05) is 17.1 Å². The molecule has 0 aliphatic heterocycles. The van der Waals surface area contributed by atoms with Crippen LogP contribution in [0.3, 0.4) is 0 Å². The van der Waals surface area contributed by atoms with Gasteiger partial charge in [-0.05, 0) is 57.4 Å². The first-order chi connectivity index (χ1) is 15.7. The number of nitrogens with one attached hydrogen (secondary N) is 1. The van der Waals surface area contributed by atoms with Crippen LogP contribution in [0.5, 0.6) is 0 Å². The van der Waals surface area contributed by atoms with E-state index in [0.717, 1.165) is 16.1 Å². The summed E-state index contributed by atoms with van der Waals surface area (Å²) >= 11 is 6.22. The zero-order valence-corrected chi connectivity index (χ0v) is 22.2. The predicted molar refractivity (Wildman–Crippen MR) is 137 cm³/mol. The Kier molecular flexibility index (Phi) is 9.14. The molecule has 186 valence electrons. The van der Waals surface area contributed by atoms with Gasteiger partial charge >= 0.3 is 0 Å². The van der Waals surface area contributed by atoms with E-state index in [4.69, 9.17) is 11.6 Å². The molecule has 0 heterocycles. The Hall–Kier alpha value is -2.58. The predicted octanol–water partition coefficient (Wildman–Crippen LogP) is 4.14. The summed E-state index contributed by atoms with van der Waals surface area (Å²) in [5.74, 6) is -0.770. The molecule has 0 saturated heterocycles. The molecule has 0 bridgehead atoms. The molecule has 7 nitrogen and oxygen atoms in total. The molecule has 9 heteroatoms. The molecule has 34 heavy (non-hydrogen) atoms. The summed E-state index contributed by atoms with van der Waals surface area (Å²) in [6.45, 7) is 8.85. The Morgan fingerprint density at radius 3 is 2.21 bits per heavy atom. The van der Waals surface area contributed by atoms with Gasteiger partial charge in [-0.15, -0.1) is 0 Å². The monoisotopic (exact) mass is 507 g/mol. The average molecular weight is 508 g/mol. The minimum atomic E-state index is -3.81. The van der Waals surface area contributed by atoms with E-state index < -0.39 is 34.1 Å². The fraction of sp³-hybridized carbons (Fsp3) is 0.440. The van der Waals surface area contributed by atoms with Crippen molar-refractivity contribution in [1.82, 2.24) is 10.2 Å². The number of nitrogens with zero attached hydrogens (tertiary/aromatic N) is 2. The summed E-state index contributed by atoms with van der Waals surface area (Å²) in [6, 6.07) is 13.4. The van der Waals surface area contributed by atoms with Gasteiger partial charge in [0.1, 0.15) is 12.6 Å². The molecule has 0 aliphatic carbocycles. The van der Waals surface area contributed by atoms with Crippen molar-refractivity contribution in [2.45, 2.75) is 59.2 Å². The maximum Gasteiger partial charge on any atom is 0.244 e. The van der Waals surface area contributed by atoms with Crippen molar-refractivity contribution in [3.63, 3.8) is 0 Å². The maximum absolute atomic E-state index is 13.7. The fourth-order valence-electron chi connectivity index (χ4n) is 3.61. The van der Waals surface area contributed by atoms with Gasteiger partial charge in [-0.3, -0.25) is 13.9 Å². The van der Waals surface area contributed by atoms with Crippen LogP contribution in [-0.2, 0) is 26.2 Å². The molecule has 0 aromatic heterocycles. The van der Waals surface area contributed by atoms with Crippen molar-refractivity contribution in [2.24, 2.45) is 0 Å². The van der Waals surface area contributed by atoms with Gasteiger partial charge in [0.25, 0.3) is 0 Å². The maximum atomic E-state index is 13.7. The van der Waals surface area contributed by atoms with E-state index >= 15 is 0 Å². The van der Waals surface area contributed by atoms with Gasteiger partial charge in [-0.25, -0.2) is 8.42 Å². The van der Waals surface area contributed by atoms with Gasteiger partial charge in [0.05, 0.1) is 11.9 Å². The van der Waals surface area contributed by atoms with E-state index in [9.17, 15) is 18.0 Å². The van der Waals surface area contributed by atoms with Crippen LogP contribution >= 0.6 is 11.6 Å². The first-order valence-corrected chi connectivity index (χ1v) is 13.4. The Bertz CT molecular complexity index is 1110. The Labute approximate surface area is 208 Å². The summed E-state index contributed by atoms with van der Waals surface area (Å²) in [5.41, 5.74) is 1.23. The summed E-state index contributed by atoms with van der Waals surface area (Å²) < 4.78 is 26.5. The van der Waals surface area contributed by atoms with E-state index in [2.05, 4.69) is 5.32 Å². The van der Waals surface area contributed by atoms with Gasteiger partial charge in [-0.1, -0.05) is 54.9 Å². The molecule has 2 aromatic rings. The molecule has 2 rings (SSSR count). The Morgan fingerprint density at radius 2 is 1.68 bits per heavy atom. The summed E-state index contributed by atoms with van der Waals surface area (Å²) in [7, 11) is -3.81. The Balaban J connectivity index is 2.48. The third-order valence-electron chi connectivity index (χ3n) is 5.27. The number of anilines is 1. The third-order valence-corrected chi connectivity index (χ3v) is 6.80. The molecular formula is C25H34ClN3O4S. The highest BCUT2D eigenvalue weighted by atomic mass is 35.5. The highest BCUT2D eigenvalue weighted by Crippen LogP contribution is 2.28. The van der Waals surface area contributed by atoms with E-state index in [0.29, 0.717) is 22.7 Å². The van der Waals surface area contributed by atoms with Crippen LogP contribution in [0.1, 0.15) is 45.2 Å². The van der Waals surface area contributed by atoms with E-state index in [1.165, 1.54) is 4.90 Å². The topological polar surface area (TPSA) is 86.8 Å². The SMILES string of the molecule is CC[C@H](C(=O)NC(C)(C)C)N(Cc1ccccc1)C(=O)CN(c1cccc(Cl)c1C)S(C)(=O)=O. The number of carbonyl (C=O) groups excluding carboxylic acids is 2. The smallest absolute Gasteiger partial charge is 0.244 e. The zero-order chi connectivity index (χ0) is 25.7. The van der Waals surface area contributed by atoms with Crippen LogP contribution in [0.2, 0.25) is 5.02 Å². The van der Waals surface area contributed by atoms with Crippen LogP contribution in [-0.4, -0.2) is 49.5 Å². The summed E-state index contributed by atoms with van der Waals surface area (Å²) in [5, 5.41) is 3.34. The highest BCUT2D eigenvalue weighted by molar-refractivity contribution is 7.92. The lowest BCUT2D eigenvalue weighted by atomic mass is 10.1. The Morgan fingerprint density at radius 1 is 1.06 bits per heavy atom. The van der Waals surface area contributed by atoms with Crippen molar-refractivity contribution in [3.05, 3.63) is 64.7 Å². The molecule has 0 fully saturated rings. The first-order valence-electron chi connectivity index (χ1n) is 11.1. The standard InChI is InChI=1S/C25H34ClN3O4S/c1-7-21(24(31)27-25(3,4)5)28(16-19-12-9-8-10-13-19)23(30)17-29(34(6,32)33)22-15-11-14-20(26)18(22)2/h8-15,21H,7,16-17H2,1-6H3,(H,27,31)/t21-/m1/s1.